The molecule has 0 saturated heterocycles. The number of aliphatic imine (C=N–C) groups is 1. The zero-order valence-corrected chi connectivity index (χ0v) is 17.4. The quantitative estimate of drug-likeness (QED) is 0.532. The number of hydrogen-bond acceptors (Lipinski definition) is 7. The number of amidine groups is 1. The number of non-ortho nitro benzene ring substituents is 1. The van der Waals surface area contributed by atoms with Crippen molar-refractivity contribution in [3.8, 4) is 0 Å². The largest absolute Gasteiger partial charge is 0.481 e. The van der Waals surface area contributed by atoms with Crippen molar-refractivity contribution >= 4 is 51.8 Å². The minimum Gasteiger partial charge on any atom is -0.481 e. The smallest absolute Gasteiger partial charge is 0.305 e. The monoisotopic (exact) mass is 458 g/mol. The molecule has 2 aliphatic heterocycles. The van der Waals surface area contributed by atoms with Gasteiger partial charge >= 0.3 is 5.97 Å². The minimum atomic E-state index is -1.08. The molecule has 0 radical (unpaired) electrons. The van der Waals surface area contributed by atoms with Gasteiger partial charge in [-0.05, 0) is 35.4 Å². The molecular weight excluding hydrogens is 444 g/mol. The number of hydrazone groups is 1. The molecule has 0 saturated carbocycles. The molecule has 0 spiro atoms. The topological polar surface area (TPSA) is 125 Å². The predicted octanol–water partition coefficient (Wildman–Crippen LogP) is 3.87. The van der Waals surface area contributed by atoms with E-state index in [1.165, 1.54) is 12.1 Å². The lowest BCUT2D eigenvalue weighted by Crippen LogP contribution is -2.24. The molecule has 0 bridgehead atoms. The molecule has 11 heteroatoms. The maximum atomic E-state index is 12.2. The number of nitrogens with zero attached hydrogens (tertiary/aromatic N) is 4. The Hall–Kier alpha value is -3.24. The number of carboxylic acids is 1. The first-order valence-electron chi connectivity index (χ1n) is 9.20. The van der Waals surface area contributed by atoms with Crippen LogP contribution in [0.3, 0.4) is 0 Å². The van der Waals surface area contributed by atoms with Crippen LogP contribution in [0.5, 0.6) is 0 Å². The number of rotatable bonds is 5. The van der Waals surface area contributed by atoms with Crippen LogP contribution < -0.4 is 0 Å². The van der Waals surface area contributed by atoms with Crippen molar-refractivity contribution in [1.82, 2.24) is 5.01 Å². The lowest BCUT2D eigenvalue weighted by atomic mass is 9.98. The molecule has 2 atom stereocenters. The molecule has 0 aliphatic carbocycles. The Labute approximate surface area is 185 Å². The van der Waals surface area contributed by atoms with Crippen molar-refractivity contribution in [3.63, 3.8) is 0 Å². The average molecular weight is 459 g/mol. The maximum absolute atomic E-state index is 12.2. The van der Waals surface area contributed by atoms with Gasteiger partial charge in [-0.25, -0.2) is 5.01 Å². The highest BCUT2D eigenvalue weighted by atomic mass is 35.5. The van der Waals surface area contributed by atoms with Gasteiger partial charge in [0.25, 0.3) is 11.6 Å². The van der Waals surface area contributed by atoms with Crippen molar-refractivity contribution < 1.29 is 19.6 Å². The van der Waals surface area contributed by atoms with Crippen LogP contribution in [0.25, 0.3) is 0 Å². The summed E-state index contributed by atoms with van der Waals surface area (Å²) in [6.45, 7) is 0. The van der Waals surface area contributed by atoms with E-state index in [-0.39, 0.29) is 18.2 Å². The van der Waals surface area contributed by atoms with Crippen LogP contribution in [-0.4, -0.2) is 43.0 Å². The van der Waals surface area contributed by atoms with Crippen molar-refractivity contribution in [2.24, 2.45) is 10.1 Å². The molecule has 0 fully saturated rings. The van der Waals surface area contributed by atoms with Gasteiger partial charge in [-0.15, -0.1) is 0 Å². The number of aliphatic carboxylic acids is 1. The zero-order valence-electron chi connectivity index (χ0n) is 15.8. The summed E-state index contributed by atoms with van der Waals surface area (Å²) in [7, 11) is 0. The van der Waals surface area contributed by atoms with Gasteiger partial charge in [-0.2, -0.15) is 10.1 Å². The highest BCUT2D eigenvalue weighted by Gasteiger charge is 2.39. The molecule has 4 rings (SSSR count). The number of hydrogen-bond donors (Lipinski definition) is 1. The van der Waals surface area contributed by atoms with E-state index < -0.39 is 22.0 Å². The SMILES string of the molecule is O=C(O)CC1SC(N2N=C(c3ccc([N+](=O)[O-])cc3)CC2c2ccc(Cl)cc2)=NC1=O. The minimum absolute atomic E-state index is 0.0220. The molecule has 2 aliphatic rings. The number of carboxylic acid groups (broad SMARTS) is 1. The number of carbonyl (C=O) groups is 2. The number of nitro benzene ring substituents is 1. The van der Waals surface area contributed by atoms with Gasteiger partial charge in [0, 0.05) is 23.6 Å². The summed E-state index contributed by atoms with van der Waals surface area (Å²) >= 11 is 7.08. The molecule has 158 valence electrons. The first kappa shape index (κ1) is 21.0. The highest BCUT2D eigenvalue weighted by Crippen LogP contribution is 2.38. The second-order valence-corrected chi connectivity index (χ2v) is 8.51. The van der Waals surface area contributed by atoms with Gasteiger partial charge < -0.3 is 5.11 Å². The van der Waals surface area contributed by atoms with E-state index in [9.17, 15) is 19.7 Å². The molecule has 9 nitrogen and oxygen atoms in total. The van der Waals surface area contributed by atoms with Crippen LogP contribution in [0.2, 0.25) is 5.02 Å². The maximum Gasteiger partial charge on any atom is 0.305 e. The summed E-state index contributed by atoms with van der Waals surface area (Å²) in [5, 5.41) is 26.3. The molecule has 2 heterocycles. The van der Waals surface area contributed by atoms with Gasteiger partial charge in [-0.1, -0.05) is 35.5 Å². The average Bonchev–Trinajstić information content (AvgIpc) is 3.32. The number of carbonyl (C=O) groups excluding carboxylic acids is 1. The Bertz CT molecular complexity index is 1120. The summed E-state index contributed by atoms with van der Waals surface area (Å²) in [5.41, 5.74) is 2.25. The van der Waals surface area contributed by atoms with E-state index in [2.05, 4.69) is 10.1 Å². The molecule has 2 aromatic rings. The number of halogens is 1. The molecule has 2 aromatic carbocycles. The van der Waals surface area contributed by atoms with E-state index in [4.69, 9.17) is 16.7 Å². The van der Waals surface area contributed by atoms with Crippen molar-refractivity contribution in [2.45, 2.75) is 24.1 Å². The summed E-state index contributed by atoms with van der Waals surface area (Å²) in [6, 6.07) is 13.0. The van der Waals surface area contributed by atoms with Gasteiger partial charge in [-0.3, -0.25) is 19.7 Å². The van der Waals surface area contributed by atoms with Gasteiger partial charge in [0.1, 0.15) is 5.25 Å². The predicted molar refractivity (Wildman–Crippen MR) is 116 cm³/mol. The fourth-order valence-corrected chi connectivity index (χ4v) is 4.52. The number of thioether (sulfide) groups is 1. The van der Waals surface area contributed by atoms with E-state index >= 15 is 0 Å². The van der Waals surface area contributed by atoms with Crippen LogP contribution in [0.15, 0.2) is 58.6 Å². The fourth-order valence-electron chi connectivity index (χ4n) is 3.34. The molecule has 0 aromatic heterocycles. The zero-order chi connectivity index (χ0) is 22.1. The Morgan fingerprint density at radius 3 is 2.52 bits per heavy atom. The highest BCUT2D eigenvalue weighted by molar-refractivity contribution is 8.15. The molecule has 31 heavy (non-hydrogen) atoms. The molecular formula is C20H15ClN4O5S. The fraction of sp³-hybridized carbons (Fsp3) is 0.200. The van der Waals surface area contributed by atoms with E-state index in [0.717, 1.165) is 17.3 Å². The van der Waals surface area contributed by atoms with E-state index in [1.807, 2.05) is 12.1 Å². The van der Waals surface area contributed by atoms with Gasteiger partial charge in [0.2, 0.25) is 0 Å². The van der Waals surface area contributed by atoms with Crippen molar-refractivity contribution in [1.29, 1.82) is 0 Å². The van der Waals surface area contributed by atoms with Crippen molar-refractivity contribution in [2.75, 3.05) is 0 Å². The van der Waals surface area contributed by atoms with Crippen molar-refractivity contribution in [3.05, 3.63) is 74.8 Å². The van der Waals surface area contributed by atoms with Gasteiger partial charge in [0.15, 0.2) is 5.17 Å². The molecule has 1 amide bonds. The second-order valence-electron chi connectivity index (χ2n) is 6.90. The summed E-state index contributed by atoms with van der Waals surface area (Å²) in [6.07, 6.45) is 0.145. The third kappa shape index (κ3) is 4.44. The van der Waals surface area contributed by atoms with E-state index in [0.29, 0.717) is 27.9 Å². The van der Waals surface area contributed by atoms with Crippen LogP contribution in [0, 0.1) is 10.1 Å². The lowest BCUT2D eigenvalue weighted by molar-refractivity contribution is -0.384. The number of nitro groups is 1. The standard InChI is InChI=1S/C20H15ClN4O5S/c21-13-5-1-12(2-6-13)16-9-15(11-3-7-14(8-4-11)25(29)30)23-24(16)20-22-19(28)17(31-20)10-18(26)27/h1-8,16-17H,9-10H2,(H,26,27). The third-order valence-electron chi connectivity index (χ3n) is 4.86. The Kier molecular flexibility index (Phi) is 5.75. The van der Waals surface area contributed by atoms with Gasteiger partial charge in [0.05, 0.1) is 23.1 Å². The number of benzene rings is 2. The third-order valence-corrected chi connectivity index (χ3v) is 6.26. The lowest BCUT2D eigenvalue weighted by Gasteiger charge is -2.23. The van der Waals surface area contributed by atoms with Crippen LogP contribution >= 0.6 is 23.4 Å². The normalized spacial score (nSPS) is 20.5. The second kappa shape index (κ2) is 8.48. The Morgan fingerprint density at radius 2 is 1.90 bits per heavy atom. The molecule has 2 unspecified atom stereocenters. The molecule has 1 N–H and O–H groups in total. The Balaban J connectivity index is 1.66. The first-order chi connectivity index (χ1) is 14.8. The first-order valence-corrected chi connectivity index (χ1v) is 10.5. The van der Waals surface area contributed by atoms with Crippen LogP contribution in [-0.2, 0) is 9.59 Å². The van der Waals surface area contributed by atoms with E-state index in [1.54, 1.807) is 29.3 Å². The summed E-state index contributed by atoms with van der Waals surface area (Å²) in [5.74, 6) is -1.58. The Morgan fingerprint density at radius 1 is 1.23 bits per heavy atom. The van der Waals surface area contributed by atoms with Crippen LogP contribution in [0.4, 0.5) is 5.69 Å². The van der Waals surface area contributed by atoms with Crippen LogP contribution in [0.1, 0.15) is 30.0 Å². The summed E-state index contributed by atoms with van der Waals surface area (Å²) in [4.78, 5) is 37.7. The summed E-state index contributed by atoms with van der Waals surface area (Å²) < 4.78 is 0. The number of amides is 1.